The highest BCUT2D eigenvalue weighted by atomic mass is 16.3. The quantitative estimate of drug-likeness (QED) is 0.730. The van der Waals surface area contributed by atoms with Crippen LogP contribution in [-0.2, 0) is 6.54 Å². The van der Waals surface area contributed by atoms with Crippen LogP contribution in [0.5, 0.6) is 0 Å². The van der Waals surface area contributed by atoms with Crippen LogP contribution < -0.4 is 0 Å². The number of carbonyl (C=O) groups excluding carboxylic acids is 1. The molecule has 0 atom stereocenters. The van der Waals surface area contributed by atoms with Gasteiger partial charge in [0, 0.05) is 17.8 Å². The van der Waals surface area contributed by atoms with Crippen molar-refractivity contribution in [1.29, 1.82) is 0 Å². The molecule has 6 heteroatoms. The summed E-state index contributed by atoms with van der Waals surface area (Å²) in [5.74, 6) is 1.07. The standard InChI is InChI=1S/C18H19N3O3/c1-13-16(20-17(19-13)14-6-3-2-4-7-14)18(23)21(9-10-22)12-15-8-5-11-24-15/h2-8,11,22H,9-10,12H2,1H3,(H,19,20). The minimum atomic E-state index is -0.239. The van der Waals surface area contributed by atoms with Gasteiger partial charge in [0.2, 0.25) is 0 Å². The number of aromatic amines is 1. The van der Waals surface area contributed by atoms with Gasteiger partial charge in [0.1, 0.15) is 17.3 Å². The maximum absolute atomic E-state index is 12.8. The van der Waals surface area contributed by atoms with Gasteiger partial charge < -0.3 is 19.4 Å². The second kappa shape index (κ2) is 7.14. The fourth-order valence-electron chi connectivity index (χ4n) is 2.51. The molecule has 0 saturated heterocycles. The van der Waals surface area contributed by atoms with Crippen molar-refractivity contribution in [3.63, 3.8) is 0 Å². The Hall–Kier alpha value is -2.86. The SMILES string of the molecule is Cc1[nH]c(-c2ccccc2)nc1C(=O)N(CCO)Cc1ccco1. The third-order valence-corrected chi connectivity index (χ3v) is 3.72. The summed E-state index contributed by atoms with van der Waals surface area (Å²) in [5.41, 5.74) is 1.97. The number of furan rings is 1. The molecule has 0 aliphatic carbocycles. The molecule has 2 N–H and O–H groups in total. The lowest BCUT2D eigenvalue weighted by molar-refractivity contribution is 0.0688. The maximum Gasteiger partial charge on any atom is 0.274 e. The Balaban J connectivity index is 1.86. The molecule has 0 radical (unpaired) electrons. The van der Waals surface area contributed by atoms with Crippen LogP contribution in [0, 0.1) is 6.92 Å². The summed E-state index contributed by atoms with van der Waals surface area (Å²) in [6.07, 6.45) is 1.56. The highest BCUT2D eigenvalue weighted by Gasteiger charge is 2.22. The molecular formula is C18H19N3O3. The summed E-state index contributed by atoms with van der Waals surface area (Å²) in [6, 6.07) is 13.2. The minimum Gasteiger partial charge on any atom is -0.467 e. The van der Waals surface area contributed by atoms with Gasteiger partial charge in [-0.25, -0.2) is 4.98 Å². The van der Waals surface area contributed by atoms with E-state index in [4.69, 9.17) is 4.42 Å². The van der Waals surface area contributed by atoms with Crippen molar-refractivity contribution in [3.05, 3.63) is 65.9 Å². The Morgan fingerprint density at radius 2 is 2.04 bits per heavy atom. The Bertz CT molecular complexity index is 794. The molecule has 124 valence electrons. The second-order valence-electron chi connectivity index (χ2n) is 5.45. The number of aliphatic hydroxyl groups excluding tert-OH is 1. The van der Waals surface area contributed by atoms with E-state index in [2.05, 4.69) is 9.97 Å². The molecule has 1 aromatic carbocycles. The predicted octanol–water partition coefficient (Wildman–Crippen LogP) is 2.61. The van der Waals surface area contributed by atoms with Crippen molar-refractivity contribution in [3.8, 4) is 11.4 Å². The first kappa shape index (κ1) is 16.0. The van der Waals surface area contributed by atoms with E-state index in [-0.39, 0.29) is 19.1 Å². The van der Waals surface area contributed by atoms with Gasteiger partial charge in [-0.1, -0.05) is 30.3 Å². The average Bonchev–Trinajstić information content (AvgIpc) is 3.24. The summed E-state index contributed by atoms with van der Waals surface area (Å²) >= 11 is 0. The normalized spacial score (nSPS) is 10.8. The summed E-state index contributed by atoms with van der Waals surface area (Å²) < 4.78 is 5.30. The number of benzene rings is 1. The number of H-pyrrole nitrogens is 1. The number of rotatable bonds is 6. The smallest absolute Gasteiger partial charge is 0.274 e. The van der Waals surface area contributed by atoms with Crippen LogP contribution >= 0.6 is 0 Å². The summed E-state index contributed by atoms with van der Waals surface area (Å²) in [4.78, 5) is 21.9. The van der Waals surface area contributed by atoms with Gasteiger partial charge in [-0.15, -0.1) is 0 Å². The van der Waals surface area contributed by atoms with Gasteiger partial charge in [0.15, 0.2) is 0 Å². The van der Waals surface area contributed by atoms with E-state index in [9.17, 15) is 9.90 Å². The van der Waals surface area contributed by atoms with Gasteiger partial charge in [-0.05, 0) is 19.1 Å². The molecule has 0 aliphatic heterocycles. The number of aryl methyl sites for hydroxylation is 1. The van der Waals surface area contributed by atoms with E-state index in [1.807, 2.05) is 37.3 Å². The molecule has 1 amide bonds. The number of imidazole rings is 1. The van der Waals surface area contributed by atoms with Crippen LogP contribution in [0.3, 0.4) is 0 Å². The van der Waals surface area contributed by atoms with Crippen LogP contribution in [0.15, 0.2) is 53.1 Å². The molecule has 0 bridgehead atoms. The highest BCUT2D eigenvalue weighted by molar-refractivity contribution is 5.94. The van der Waals surface area contributed by atoms with Gasteiger partial charge in [-0.2, -0.15) is 0 Å². The van der Waals surface area contributed by atoms with E-state index in [0.29, 0.717) is 29.5 Å². The van der Waals surface area contributed by atoms with Crippen LogP contribution in [0.25, 0.3) is 11.4 Å². The van der Waals surface area contributed by atoms with Crippen LogP contribution in [0.1, 0.15) is 21.9 Å². The van der Waals surface area contributed by atoms with E-state index in [1.165, 1.54) is 4.90 Å². The van der Waals surface area contributed by atoms with Crippen molar-refractivity contribution >= 4 is 5.91 Å². The van der Waals surface area contributed by atoms with E-state index < -0.39 is 0 Å². The molecule has 0 aliphatic rings. The summed E-state index contributed by atoms with van der Waals surface area (Å²) in [5, 5.41) is 9.26. The zero-order valence-corrected chi connectivity index (χ0v) is 13.4. The number of hydrogen-bond donors (Lipinski definition) is 2. The maximum atomic E-state index is 12.8. The molecule has 3 aromatic rings. The lowest BCUT2D eigenvalue weighted by Crippen LogP contribution is -2.33. The number of aliphatic hydroxyl groups is 1. The first-order valence-electron chi connectivity index (χ1n) is 7.73. The van der Waals surface area contributed by atoms with Crippen molar-refractivity contribution in [2.75, 3.05) is 13.2 Å². The van der Waals surface area contributed by atoms with Gasteiger partial charge in [0.05, 0.1) is 19.4 Å². The Kier molecular flexibility index (Phi) is 4.77. The topological polar surface area (TPSA) is 82.4 Å². The van der Waals surface area contributed by atoms with E-state index in [1.54, 1.807) is 18.4 Å². The third-order valence-electron chi connectivity index (χ3n) is 3.72. The van der Waals surface area contributed by atoms with Gasteiger partial charge in [-0.3, -0.25) is 4.79 Å². The number of amides is 1. The molecule has 0 fully saturated rings. The van der Waals surface area contributed by atoms with Crippen molar-refractivity contribution < 1.29 is 14.3 Å². The van der Waals surface area contributed by atoms with Crippen LogP contribution in [0.4, 0.5) is 0 Å². The fraction of sp³-hybridized carbons (Fsp3) is 0.222. The molecule has 0 spiro atoms. The molecule has 6 nitrogen and oxygen atoms in total. The molecule has 0 saturated carbocycles. The number of nitrogens with one attached hydrogen (secondary N) is 1. The van der Waals surface area contributed by atoms with E-state index >= 15 is 0 Å². The summed E-state index contributed by atoms with van der Waals surface area (Å²) in [6.45, 7) is 2.20. The van der Waals surface area contributed by atoms with E-state index in [0.717, 1.165) is 5.56 Å². The molecule has 2 aromatic heterocycles. The number of carbonyl (C=O) groups is 1. The highest BCUT2D eigenvalue weighted by Crippen LogP contribution is 2.19. The van der Waals surface area contributed by atoms with Crippen molar-refractivity contribution in [2.45, 2.75) is 13.5 Å². The monoisotopic (exact) mass is 325 g/mol. The number of aromatic nitrogens is 2. The van der Waals surface area contributed by atoms with Crippen molar-refractivity contribution in [2.24, 2.45) is 0 Å². The van der Waals surface area contributed by atoms with Gasteiger partial charge in [0.25, 0.3) is 5.91 Å². The second-order valence-corrected chi connectivity index (χ2v) is 5.45. The first-order chi connectivity index (χ1) is 11.7. The molecule has 3 rings (SSSR count). The number of nitrogens with zero attached hydrogens (tertiary/aromatic N) is 2. The first-order valence-corrected chi connectivity index (χ1v) is 7.73. The molecule has 0 unspecified atom stereocenters. The van der Waals surface area contributed by atoms with Crippen LogP contribution in [-0.4, -0.2) is 39.0 Å². The summed E-state index contributed by atoms with van der Waals surface area (Å²) in [7, 11) is 0. The lowest BCUT2D eigenvalue weighted by atomic mass is 10.2. The third kappa shape index (κ3) is 3.38. The Morgan fingerprint density at radius 3 is 2.71 bits per heavy atom. The molecule has 2 heterocycles. The predicted molar refractivity (Wildman–Crippen MR) is 89.3 cm³/mol. The minimum absolute atomic E-state index is 0.124. The average molecular weight is 325 g/mol. The van der Waals surface area contributed by atoms with Gasteiger partial charge >= 0.3 is 0 Å². The van der Waals surface area contributed by atoms with Crippen molar-refractivity contribution in [1.82, 2.24) is 14.9 Å². The van der Waals surface area contributed by atoms with Crippen LogP contribution in [0.2, 0.25) is 0 Å². The Morgan fingerprint density at radius 1 is 1.25 bits per heavy atom. The largest absolute Gasteiger partial charge is 0.467 e. The Labute approximate surface area is 139 Å². The zero-order chi connectivity index (χ0) is 16.9. The molecular weight excluding hydrogens is 306 g/mol. The molecule has 24 heavy (non-hydrogen) atoms. The number of hydrogen-bond acceptors (Lipinski definition) is 4. The fourth-order valence-corrected chi connectivity index (χ4v) is 2.51. The lowest BCUT2D eigenvalue weighted by Gasteiger charge is -2.19. The zero-order valence-electron chi connectivity index (χ0n) is 13.4.